The molecule has 2 atom stereocenters. The number of nitrogens with zero attached hydrogens (tertiary/aromatic N) is 1. The maximum Gasteiger partial charge on any atom is 0.243 e. The number of nitrogens with two attached hydrogens (primary N) is 1. The molecule has 0 radical (unpaired) electrons. The summed E-state index contributed by atoms with van der Waals surface area (Å²) in [4.78, 5) is 0.188. The van der Waals surface area contributed by atoms with Crippen LogP contribution in [0, 0.1) is 13.8 Å². The molecule has 1 fully saturated rings. The van der Waals surface area contributed by atoms with Gasteiger partial charge < -0.3 is 15.6 Å². The van der Waals surface area contributed by atoms with E-state index >= 15 is 0 Å². The van der Waals surface area contributed by atoms with Crippen molar-refractivity contribution in [1.82, 2.24) is 4.31 Å². The summed E-state index contributed by atoms with van der Waals surface area (Å²) in [6, 6.07) is 2.85. The number of aryl methyl sites for hydroxylation is 1. The van der Waals surface area contributed by atoms with Gasteiger partial charge in [0.2, 0.25) is 10.0 Å². The quantitative estimate of drug-likeness (QED) is 0.799. The number of hydrogen-bond donors (Lipinski definition) is 2. The largest absolute Gasteiger partial charge is 0.398 e. The molecule has 118 valence electrons. The molecule has 0 amide bonds. The second kappa shape index (κ2) is 5.92. The van der Waals surface area contributed by atoms with E-state index in [0.29, 0.717) is 5.69 Å². The fourth-order valence-electron chi connectivity index (χ4n) is 2.37. The van der Waals surface area contributed by atoms with Gasteiger partial charge >= 0.3 is 0 Å². The Hall–Kier alpha value is -1.15. The van der Waals surface area contributed by atoms with Crippen LogP contribution in [0.5, 0.6) is 0 Å². The Kier molecular flexibility index (Phi) is 4.57. The Morgan fingerprint density at radius 1 is 1.43 bits per heavy atom. The predicted octanol–water partition coefficient (Wildman–Crippen LogP) is 0.656. The maximum absolute atomic E-state index is 12.8. The molecule has 3 N–H and O–H groups in total. The minimum atomic E-state index is -3.65. The van der Waals surface area contributed by atoms with Crippen molar-refractivity contribution in [3.05, 3.63) is 23.3 Å². The number of sulfonamides is 1. The summed E-state index contributed by atoms with van der Waals surface area (Å²) >= 11 is 0. The molecule has 1 aliphatic rings. The van der Waals surface area contributed by atoms with E-state index in [-0.39, 0.29) is 30.7 Å². The molecule has 1 saturated heterocycles. The molecule has 1 heterocycles. The van der Waals surface area contributed by atoms with Crippen LogP contribution < -0.4 is 5.73 Å². The molecule has 1 aromatic rings. The van der Waals surface area contributed by atoms with E-state index in [1.807, 2.05) is 13.8 Å². The van der Waals surface area contributed by atoms with Gasteiger partial charge in [-0.25, -0.2) is 8.42 Å². The van der Waals surface area contributed by atoms with Crippen molar-refractivity contribution >= 4 is 15.7 Å². The van der Waals surface area contributed by atoms with E-state index in [1.54, 1.807) is 13.0 Å². The van der Waals surface area contributed by atoms with Gasteiger partial charge in [-0.05, 0) is 44.0 Å². The predicted molar refractivity (Wildman–Crippen MR) is 80.5 cm³/mol. The number of aliphatic hydroxyl groups is 1. The molecular weight excluding hydrogens is 292 g/mol. The van der Waals surface area contributed by atoms with Crippen molar-refractivity contribution in [1.29, 1.82) is 0 Å². The third kappa shape index (κ3) is 3.06. The fourth-order valence-corrected chi connectivity index (χ4v) is 4.14. The molecule has 6 nitrogen and oxygen atoms in total. The highest BCUT2D eigenvalue weighted by Gasteiger charge is 2.35. The maximum atomic E-state index is 12.8. The van der Waals surface area contributed by atoms with Gasteiger partial charge in [0.1, 0.15) is 0 Å². The van der Waals surface area contributed by atoms with Crippen LogP contribution in [0.15, 0.2) is 17.0 Å². The highest BCUT2D eigenvalue weighted by atomic mass is 32.2. The molecule has 2 unspecified atom stereocenters. The number of nitrogen functional groups attached to an aromatic ring is 1. The first kappa shape index (κ1) is 16.2. The van der Waals surface area contributed by atoms with Gasteiger partial charge in [0.05, 0.1) is 24.2 Å². The zero-order chi connectivity index (χ0) is 15.8. The lowest BCUT2D eigenvalue weighted by molar-refractivity contribution is -0.0516. The zero-order valence-electron chi connectivity index (χ0n) is 12.5. The van der Waals surface area contributed by atoms with Gasteiger partial charge in [-0.15, -0.1) is 0 Å². The lowest BCUT2D eigenvalue weighted by Crippen LogP contribution is -2.51. The molecular formula is C14H22N2O4S. The number of morpholine rings is 1. The molecule has 0 saturated carbocycles. The average Bonchev–Trinajstić information content (AvgIpc) is 2.44. The summed E-state index contributed by atoms with van der Waals surface area (Å²) in [5.74, 6) is 0. The molecule has 1 aromatic carbocycles. The third-order valence-corrected chi connectivity index (χ3v) is 5.90. The van der Waals surface area contributed by atoms with Gasteiger partial charge in [0.25, 0.3) is 0 Å². The minimum Gasteiger partial charge on any atom is -0.398 e. The number of rotatable bonds is 3. The summed E-state index contributed by atoms with van der Waals surface area (Å²) in [7, 11) is -3.65. The lowest BCUT2D eigenvalue weighted by atomic mass is 10.1. The topological polar surface area (TPSA) is 92.9 Å². The van der Waals surface area contributed by atoms with Crippen LogP contribution >= 0.6 is 0 Å². The van der Waals surface area contributed by atoms with Crippen LogP contribution in [-0.4, -0.2) is 49.7 Å². The smallest absolute Gasteiger partial charge is 0.243 e. The highest BCUT2D eigenvalue weighted by molar-refractivity contribution is 7.89. The number of ether oxygens (including phenoxy) is 1. The molecule has 0 bridgehead atoms. The summed E-state index contributed by atoms with van der Waals surface area (Å²) in [6.07, 6.45) is -0.486. The molecule has 0 spiro atoms. The van der Waals surface area contributed by atoms with Gasteiger partial charge in [0.15, 0.2) is 0 Å². The first-order chi connectivity index (χ1) is 9.77. The normalized spacial score (nSPS) is 24.2. The Morgan fingerprint density at radius 3 is 2.67 bits per heavy atom. The molecule has 21 heavy (non-hydrogen) atoms. The first-order valence-corrected chi connectivity index (χ1v) is 8.32. The van der Waals surface area contributed by atoms with E-state index < -0.39 is 16.1 Å². The number of hydrogen-bond acceptors (Lipinski definition) is 5. The first-order valence-electron chi connectivity index (χ1n) is 6.88. The van der Waals surface area contributed by atoms with Crippen LogP contribution in [0.2, 0.25) is 0 Å². The van der Waals surface area contributed by atoms with Crippen LogP contribution in [0.3, 0.4) is 0 Å². The van der Waals surface area contributed by atoms with Gasteiger partial charge in [-0.3, -0.25) is 0 Å². The fraction of sp³-hybridized carbons (Fsp3) is 0.571. The Labute approximate surface area is 125 Å². The molecule has 0 aliphatic carbocycles. The van der Waals surface area contributed by atoms with Crippen LogP contribution in [0.25, 0.3) is 0 Å². The average molecular weight is 314 g/mol. The van der Waals surface area contributed by atoms with Crippen molar-refractivity contribution in [2.45, 2.75) is 37.8 Å². The van der Waals surface area contributed by atoms with E-state index in [4.69, 9.17) is 10.5 Å². The van der Waals surface area contributed by atoms with Crippen molar-refractivity contribution in [3.8, 4) is 0 Å². The Morgan fingerprint density at radius 2 is 2.10 bits per heavy atom. The molecule has 1 aliphatic heterocycles. The molecule has 7 heteroatoms. The number of anilines is 1. The molecule has 0 aromatic heterocycles. The van der Waals surface area contributed by atoms with E-state index in [9.17, 15) is 13.5 Å². The lowest BCUT2D eigenvalue weighted by Gasteiger charge is -2.36. The Balaban J connectivity index is 2.41. The van der Waals surface area contributed by atoms with Gasteiger partial charge in [-0.1, -0.05) is 0 Å². The number of benzene rings is 1. The number of aliphatic hydroxyl groups excluding tert-OH is 1. The summed E-state index contributed by atoms with van der Waals surface area (Å²) < 4.78 is 32.4. The van der Waals surface area contributed by atoms with Crippen molar-refractivity contribution in [2.75, 3.05) is 25.5 Å². The molecule has 2 rings (SSSR count). The summed E-state index contributed by atoms with van der Waals surface area (Å²) in [5.41, 5.74) is 8.08. The summed E-state index contributed by atoms with van der Waals surface area (Å²) in [5, 5.41) is 9.19. The van der Waals surface area contributed by atoms with Crippen LogP contribution in [-0.2, 0) is 14.8 Å². The summed E-state index contributed by atoms with van der Waals surface area (Å²) in [6.45, 7) is 5.70. The second-order valence-electron chi connectivity index (χ2n) is 5.52. The standard InChI is InChI=1S/C14H22N2O4S/c1-9-4-13(5-14(15)11(9)3)21(18,19)16-6-12(7-17)20-8-10(16)2/h4-5,10,12,17H,6-8,15H2,1-3H3. The monoisotopic (exact) mass is 314 g/mol. The second-order valence-corrected chi connectivity index (χ2v) is 7.41. The van der Waals surface area contributed by atoms with Crippen LogP contribution in [0.4, 0.5) is 5.69 Å². The van der Waals surface area contributed by atoms with Crippen molar-refractivity contribution in [2.24, 2.45) is 0 Å². The highest BCUT2D eigenvalue weighted by Crippen LogP contribution is 2.27. The van der Waals surface area contributed by atoms with Gasteiger partial charge in [0, 0.05) is 18.3 Å². The third-order valence-electron chi connectivity index (χ3n) is 3.94. The van der Waals surface area contributed by atoms with Crippen LogP contribution in [0.1, 0.15) is 18.1 Å². The van der Waals surface area contributed by atoms with Gasteiger partial charge in [-0.2, -0.15) is 4.31 Å². The van der Waals surface area contributed by atoms with Crippen molar-refractivity contribution < 1.29 is 18.3 Å². The Bertz CT molecular complexity index is 607. The van der Waals surface area contributed by atoms with Crippen molar-refractivity contribution in [3.63, 3.8) is 0 Å². The van der Waals surface area contributed by atoms with E-state index in [1.165, 1.54) is 10.4 Å². The van der Waals surface area contributed by atoms with E-state index in [0.717, 1.165) is 11.1 Å². The zero-order valence-corrected chi connectivity index (χ0v) is 13.4. The van der Waals surface area contributed by atoms with E-state index in [2.05, 4.69) is 0 Å². The SMILES string of the molecule is Cc1cc(S(=O)(=O)N2CC(CO)OCC2C)cc(N)c1C. The minimum absolute atomic E-state index is 0.146.